The number of carbonyl (C=O) groups is 1. The van der Waals surface area contributed by atoms with Crippen LogP contribution >= 0.6 is 0 Å². The van der Waals surface area contributed by atoms with E-state index in [-0.39, 0.29) is 5.97 Å². The number of hydrogen-bond acceptors (Lipinski definition) is 3. The first-order chi connectivity index (χ1) is 10.7. The first-order valence-corrected chi connectivity index (χ1v) is 7.32. The molecule has 1 aromatic heterocycles. The van der Waals surface area contributed by atoms with Gasteiger partial charge in [0, 0.05) is 17.8 Å². The normalized spacial score (nSPS) is 10.6. The molecular formula is C19H17NO2. The molecule has 0 atom stereocenters. The van der Waals surface area contributed by atoms with Crippen LogP contribution in [0, 0.1) is 6.92 Å². The Labute approximate surface area is 129 Å². The summed E-state index contributed by atoms with van der Waals surface area (Å²) in [6, 6.07) is 15.6. The van der Waals surface area contributed by atoms with Crippen molar-refractivity contribution in [2.45, 2.75) is 19.8 Å². The van der Waals surface area contributed by atoms with Gasteiger partial charge in [0.1, 0.15) is 5.75 Å². The highest BCUT2D eigenvalue weighted by molar-refractivity contribution is 5.85. The zero-order valence-electron chi connectivity index (χ0n) is 12.5. The molecule has 0 spiro atoms. The van der Waals surface area contributed by atoms with E-state index in [2.05, 4.69) is 11.1 Å². The largest absolute Gasteiger partial charge is 0.426 e. The first kappa shape index (κ1) is 14.3. The van der Waals surface area contributed by atoms with Crippen LogP contribution < -0.4 is 4.74 Å². The van der Waals surface area contributed by atoms with Gasteiger partial charge >= 0.3 is 5.97 Å². The molecule has 3 aromatic rings. The average molecular weight is 291 g/mol. The molecule has 0 bridgehead atoms. The SMILES string of the molecule is Cc1ccccc1OC(=O)CCc1cncc2ccccc12. The molecule has 0 radical (unpaired) electrons. The maximum Gasteiger partial charge on any atom is 0.311 e. The van der Waals surface area contributed by atoms with E-state index in [1.54, 1.807) is 0 Å². The fraction of sp³-hybridized carbons (Fsp3) is 0.158. The zero-order chi connectivity index (χ0) is 15.4. The van der Waals surface area contributed by atoms with E-state index in [9.17, 15) is 4.79 Å². The van der Waals surface area contributed by atoms with Crippen LogP contribution in [0.25, 0.3) is 10.8 Å². The van der Waals surface area contributed by atoms with Crippen LogP contribution in [-0.2, 0) is 11.2 Å². The lowest BCUT2D eigenvalue weighted by Crippen LogP contribution is -2.10. The molecule has 0 aliphatic carbocycles. The minimum atomic E-state index is -0.220. The van der Waals surface area contributed by atoms with E-state index in [4.69, 9.17) is 4.74 Å². The van der Waals surface area contributed by atoms with Gasteiger partial charge in [-0.1, -0.05) is 42.5 Å². The number of fused-ring (bicyclic) bond motifs is 1. The number of rotatable bonds is 4. The molecule has 110 valence electrons. The quantitative estimate of drug-likeness (QED) is 0.537. The summed E-state index contributed by atoms with van der Waals surface area (Å²) in [5, 5.41) is 2.23. The van der Waals surface area contributed by atoms with Crippen LogP contribution in [0.15, 0.2) is 60.9 Å². The number of benzene rings is 2. The van der Waals surface area contributed by atoms with Gasteiger partial charge in [0.15, 0.2) is 0 Å². The van der Waals surface area contributed by atoms with Gasteiger partial charge in [0.2, 0.25) is 0 Å². The van der Waals surface area contributed by atoms with E-state index >= 15 is 0 Å². The highest BCUT2D eigenvalue weighted by atomic mass is 16.5. The number of ether oxygens (including phenoxy) is 1. The summed E-state index contributed by atoms with van der Waals surface area (Å²) in [7, 11) is 0. The molecule has 0 N–H and O–H groups in total. The lowest BCUT2D eigenvalue weighted by Gasteiger charge is -2.08. The Balaban J connectivity index is 1.69. The van der Waals surface area contributed by atoms with Crippen molar-refractivity contribution in [2.75, 3.05) is 0 Å². The van der Waals surface area contributed by atoms with Gasteiger partial charge in [-0.25, -0.2) is 0 Å². The van der Waals surface area contributed by atoms with Crippen LogP contribution in [0.2, 0.25) is 0 Å². The van der Waals surface area contributed by atoms with Gasteiger partial charge in [-0.3, -0.25) is 9.78 Å². The molecular weight excluding hydrogens is 274 g/mol. The number of aryl methyl sites for hydroxylation is 2. The number of para-hydroxylation sites is 1. The molecule has 3 nitrogen and oxygen atoms in total. The molecule has 0 unspecified atom stereocenters. The maximum absolute atomic E-state index is 12.0. The Kier molecular flexibility index (Phi) is 4.15. The number of pyridine rings is 1. The molecule has 3 rings (SSSR count). The van der Waals surface area contributed by atoms with E-state index in [1.807, 2.05) is 61.8 Å². The maximum atomic E-state index is 12.0. The van der Waals surface area contributed by atoms with Crippen molar-refractivity contribution in [1.82, 2.24) is 4.98 Å². The topological polar surface area (TPSA) is 39.2 Å². The van der Waals surface area contributed by atoms with Crippen LogP contribution in [-0.4, -0.2) is 11.0 Å². The van der Waals surface area contributed by atoms with Gasteiger partial charge in [0.25, 0.3) is 0 Å². The van der Waals surface area contributed by atoms with E-state index in [1.165, 1.54) is 0 Å². The fourth-order valence-corrected chi connectivity index (χ4v) is 2.46. The van der Waals surface area contributed by atoms with Gasteiger partial charge in [-0.2, -0.15) is 0 Å². The van der Waals surface area contributed by atoms with Crippen molar-refractivity contribution in [3.05, 3.63) is 72.1 Å². The standard InChI is InChI=1S/C19H17NO2/c1-14-6-2-5-9-18(14)22-19(21)11-10-16-13-20-12-15-7-3-4-8-17(15)16/h2-9,12-13H,10-11H2,1H3. The summed E-state index contributed by atoms with van der Waals surface area (Å²) in [4.78, 5) is 16.3. The fourth-order valence-electron chi connectivity index (χ4n) is 2.46. The van der Waals surface area contributed by atoms with Gasteiger partial charge in [0.05, 0.1) is 6.42 Å². The molecule has 0 aliphatic heterocycles. The van der Waals surface area contributed by atoms with E-state index < -0.39 is 0 Å². The molecule has 3 heteroatoms. The second-order valence-corrected chi connectivity index (χ2v) is 5.26. The predicted molar refractivity (Wildman–Crippen MR) is 86.9 cm³/mol. The third-order valence-electron chi connectivity index (χ3n) is 3.67. The summed E-state index contributed by atoms with van der Waals surface area (Å²) in [5.41, 5.74) is 2.03. The van der Waals surface area contributed by atoms with Crippen LogP contribution in [0.5, 0.6) is 5.75 Å². The van der Waals surface area contributed by atoms with E-state index in [0.717, 1.165) is 21.9 Å². The lowest BCUT2D eigenvalue weighted by atomic mass is 10.0. The Morgan fingerprint density at radius 2 is 1.82 bits per heavy atom. The van der Waals surface area contributed by atoms with Gasteiger partial charge in [-0.15, -0.1) is 0 Å². The van der Waals surface area contributed by atoms with Crippen molar-refractivity contribution >= 4 is 16.7 Å². The van der Waals surface area contributed by atoms with Crippen molar-refractivity contribution in [2.24, 2.45) is 0 Å². The van der Waals surface area contributed by atoms with Gasteiger partial charge in [-0.05, 0) is 35.9 Å². The van der Waals surface area contributed by atoms with Crippen molar-refractivity contribution in [1.29, 1.82) is 0 Å². The molecule has 1 heterocycles. The van der Waals surface area contributed by atoms with Crippen molar-refractivity contribution in [3.8, 4) is 5.75 Å². The van der Waals surface area contributed by atoms with Crippen molar-refractivity contribution < 1.29 is 9.53 Å². The number of esters is 1. The average Bonchev–Trinajstić information content (AvgIpc) is 2.55. The van der Waals surface area contributed by atoms with Gasteiger partial charge < -0.3 is 4.74 Å². The smallest absolute Gasteiger partial charge is 0.311 e. The zero-order valence-corrected chi connectivity index (χ0v) is 12.5. The molecule has 0 saturated carbocycles. The van der Waals surface area contributed by atoms with Crippen LogP contribution in [0.3, 0.4) is 0 Å². The Morgan fingerprint density at radius 3 is 2.68 bits per heavy atom. The number of carbonyl (C=O) groups excluding carboxylic acids is 1. The minimum absolute atomic E-state index is 0.220. The highest BCUT2D eigenvalue weighted by Crippen LogP contribution is 2.20. The summed E-state index contributed by atoms with van der Waals surface area (Å²) in [6.45, 7) is 1.93. The third kappa shape index (κ3) is 3.14. The summed E-state index contributed by atoms with van der Waals surface area (Å²) in [6.07, 6.45) is 4.62. The predicted octanol–water partition coefficient (Wildman–Crippen LogP) is 4.08. The molecule has 2 aromatic carbocycles. The Hall–Kier alpha value is -2.68. The molecule has 0 fully saturated rings. The monoisotopic (exact) mass is 291 g/mol. The highest BCUT2D eigenvalue weighted by Gasteiger charge is 2.09. The van der Waals surface area contributed by atoms with E-state index in [0.29, 0.717) is 18.6 Å². The number of nitrogens with zero attached hydrogens (tertiary/aromatic N) is 1. The summed E-state index contributed by atoms with van der Waals surface area (Å²) in [5.74, 6) is 0.408. The molecule has 0 saturated heterocycles. The summed E-state index contributed by atoms with van der Waals surface area (Å²) >= 11 is 0. The second-order valence-electron chi connectivity index (χ2n) is 5.26. The minimum Gasteiger partial charge on any atom is -0.426 e. The molecule has 0 aliphatic rings. The molecule has 0 amide bonds. The Morgan fingerprint density at radius 1 is 1.05 bits per heavy atom. The van der Waals surface area contributed by atoms with Crippen LogP contribution in [0.4, 0.5) is 0 Å². The Bertz CT molecular complexity index is 806. The number of hydrogen-bond donors (Lipinski definition) is 0. The van der Waals surface area contributed by atoms with Crippen LogP contribution in [0.1, 0.15) is 17.5 Å². The molecule has 22 heavy (non-hydrogen) atoms. The first-order valence-electron chi connectivity index (χ1n) is 7.32. The second kappa shape index (κ2) is 6.39. The summed E-state index contributed by atoms with van der Waals surface area (Å²) < 4.78 is 5.42. The number of aromatic nitrogens is 1. The van der Waals surface area contributed by atoms with Crippen molar-refractivity contribution in [3.63, 3.8) is 0 Å². The third-order valence-corrected chi connectivity index (χ3v) is 3.67. The lowest BCUT2D eigenvalue weighted by molar-refractivity contribution is -0.134.